The number of nitro benzene ring substituents is 1. The van der Waals surface area contributed by atoms with Crippen molar-refractivity contribution in [2.75, 3.05) is 0 Å². The summed E-state index contributed by atoms with van der Waals surface area (Å²) >= 11 is 0. The number of nitro groups is 1. The van der Waals surface area contributed by atoms with Crippen molar-refractivity contribution in [3.8, 4) is 5.75 Å². The maximum Gasteiger partial charge on any atom is 0.312 e. The second kappa shape index (κ2) is 4.10. The van der Waals surface area contributed by atoms with E-state index in [9.17, 15) is 10.1 Å². The molecule has 1 aromatic heterocycles. The maximum atomic E-state index is 11.1. The molecule has 1 aliphatic heterocycles. The molecule has 0 aliphatic carbocycles. The Labute approximate surface area is 125 Å². The van der Waals surface area contributed by atoms with Crippen molar-refractivity contribution >= 4 is 33.7 Å². The predicted octanol–water partition coefficient (Wildman–Crippen LogP) is 4.68. The minimum atomic E-state index is -0.426. The van der Waals surface area contributed by atoms with E-state index in [1.165, 1.54) is 6.07 Å². The average molecular weight is 295 g/mol. The van der Waals surface area contributed by atoms with Crippen molar-refractivity contribution < 1.29 is 14.1 Å². The van der Waals surface area contributed by atoms with Crippen molar-refractivity contribution in [3.05, 3.63) is 52.1 Å². The van der Waals surface area contributed by atoms with Gasteiger partial charge in [0.1, 0.15) is 16.9 Å². The third-order valence-corrected chi connectivity index (χ3v) is 3.84. The first-order valence-electron chi connectivity index (χ1n) is 6.96. The number of nitrogens with zero attached hydrogens (tertiary/aromatic N) is 1. The van der Waals surface area contributed by atoms with Crippen molar-refractivity contribution in [2.45, 2.75) is 19.4 Å². The summed E-state index contributed by atoms with van der Waals surface area (Å²) in [6.45, 7) is 3.94. The zero-order chi connectivity index (χ0) is 15.5. The van der Waals surface area contributed by atoms with Crippen LogP contribution < -0.4 is 4.74 Å². The minimum absolute atomic E-state index is 0.0246. The Morgan fingerprint density at radius 2 is 2.00 bits per heavy atom. The molecular weight excluding hydrogens is 282 g/mol. The topological polar surface area (TPSA) is 65.5 Å². The fourth-order valence-corrected chi connectivity index (χ4v) is 2.80. The lowest BCUT2D eigenvalue weighted by Gasteiger charge is -2.27. The molecule has 2 heterocycles. The normalized spacial score (nSPS) is 15.7. The van der Waals surface area contributed by atoms with Crippen LogP contribution in [0.3, 0.4) is 0 Å². The van der Waals surface area contributed by atoms with Crippen molar-refractivity contribution in [1.82, 2.24) is 0 Å². The highest BCUT2D eigenvalue weighted by molar-refractivity contribution is 6.08. The van der Waals surface area contributed by atoms with Gasteiger partial charge in [-0.3, -0.25) is 10.1 Å². The van der Waals surface area contributed by atoms with E-state index in [2.05, 4.69) is 0 Å². The first kappa shape index (κ1) is 12.9. The van der Waals surface area contributed by atoms with E-state index in [0.717, 1.165) is 22.1 Å². The van der Waals surface area contributed by atoms with Gasteiger partial charge in [-0.25, -0.2) is 0 Å². The first-order valence-corrected chi connectivity index (χ1v) is 6.96. The molecule has 5 nitrogen and oxygen atoms in total. The van der Waals surface area contributed by atoms with E-state index < -0.39 is 4.92 Å². The third kappa shape index (κ3) is 1.79. The van der Waals surface area contributed by atoms with Gasteiger partial charge in [-0.05, 0) is 32.1 Å². The highest BCUT2D eigenvalue weighted by Gasteiger charge is 2.24. The molecule has 3 aromatic rings. The summed E-state index contributed by atoms with van der Waals surface area (Å²) in [5, 5.41) is 12.7. The van der Waals surface area contributed by atoms with E-state index in [1.807, 2.05) is 38.1 Å². The van der Waals surface area contributed by atoms with Gasteiger partial charge in [0.05, 0.1) is 4.92 Å². The number of non-ortho nitro benzene ring substituents is 1. The number of ether oxygens (including phenoxy) is 1. The van der Waals surface area contributed by atoms with Crippen molar-refractivity contribution in [3.63, 3.8) is 0 Å². The number of fused-ring (bicyclic) bond motifs is 4. The van der Waals surface area contributed by atoms with Gasteiger partial charge >= 0.3 is 5.69 Å². The fraction of sp³-hybridized carbons (Fsp3) is 0.176. The molecule has 0 atom stereocenters. The summed E-state index contributed by atoms with van der Waals surface area (Å²) < 4.78 is 11.7. The predicted molar refractivity (Wildman–Crippen MR) is 84.1 cm³/mol. The quantitative estimate of drug-likeness (QED) is 0.483. The Kier molecular flexibility index (Phi) is 2.40. The number of rotatable bonds is 1. The Bertz CT molecular complexity index is 966. The number of furan rings is 1. The van der Waals surface area contributed by atoms with Gasteiger partial charge in [-0.1, -0.05) is 12.1 Å². The molecule has 0 saturated heterocycles. The molecule has 0 unspecified atom stereocenters. The average Bonchev–Trinajstić information content (AvgIpc) is 2.81. The lowest BCUT2D eigenvalue weighted by Crippen LogP contribution is -2.27. The molecule has 0 N–H and O–H groups in total. The third-order valence-electron chi connectivity index (χ3n) is 3.84. The van der Waals surface area contributed by atoms with Gasteiger partial charge in [0, 0.05) is 28.5 Å². The molecule has 0 bridgehead atoms. The standard InChI is InChI=1S/C17H13NO4/c1-17(2)7-6-10-8-12-11-4-3-5-13(18(19)20)16(11)21-15(12)9-14(10)22-17/h3-9H,1-2H3. The van der Waals surface area contributed by atoms with Crippen LogP contribution in [0.1, 0.15) is 19.4 Å². The van der Waals surface area contributed by atoms with Gasteiger partial charge in [-0.15, -0.1) is 0 Å². The highest BCUT2D eigenvalue weighted by Crippen LogP contribution is 2.40. The molecule has 0 amide bonds. The minimum Gasteiger partial charge on any atom is -0.483 e. The second-order valence-corrected chi connectivity index (χ2v) is 5.94. The van der Waals surface area contributed by atoms with Gasteiger partial charge in [0.2, 0.25) is 5.58 Å². The van der Waals surface area contributed by atoms with Crippen LogP contribution in [0, 0.1) is 10.1 Å². The zero-order valence-corrected chi connectivity index (χ0v) is 12.1. The Morgan fingerprint density at radius 1 is 1.18 bits per heavy atom. The largest absolute Gasteiger partial charge is 0.483 e. The summed E-state index contributed by atoms with van der Waals surface area (Å²) in [6, 6.07) is 8.71. The number of hydrogen-bond donors (Lipinski definition) is 0. The van der Waals surface area contributed by atoms with Crippen LogP contribution in [-0.2, 0) is 0 Å². The second-order valence-electron chi connectivity index (χ2n) is 5.94. The molecule has 5 heteroatoms. The molecule has 0 saturated carbocycles. The molecule has 1 aliphatic rings. The molecular formula is C17H13NO4. The van der Waals surface area contributed by atoms with Gasteiger partial charge in [0.15, 0.2) is 0 Å². The number of benzene rings is 2. The Morgan fingerprint density at radius 3 is 2.77 bits per heavy atom. The van der Waals surface area contributed by atoms with Gasteiger partial charge in [0.25, 0.3) is 0 Å². The molecule has 0 radical (unpaired) electrons. The van der Waals surface area contributed by atoms with Crippen molar-refractivity contribution in [2.24, 2.45) is 0 Å². The van der Waals surface area contributed by atoms with E-state index in [4.69, 9.17) is 9.15 Å². The Balaban J connectivity index is 2.04. The monoisotopic (exact) mass is 295 g/mol. The van der Waals surface area contributed by atoms with Crippen LogP contribution in [-0.4, -0.2) is 10.5 Å². The molecule has 22 heavy (non-hydrogen) atoms. The number of para-hydroxylation sites is 1. The number of hydrogen-bond acceptors (Lipinski definition) is 4. The summed E-state index contributed by atoms with van der Waals surface area (Å²) in [5.74, 6) is 0.724. The molecule has 2 aromatic carbocycles. The van der Waals surface area contributed by atoms with Crippen LogP contribution in [0.15, 0.2) is 40.8 Å². The lowest BCUT2D eigenvalue weighted by molar-refractivity contribution is -0.383. The first-order chi connectivity index (χ1) is 10.4. The van der Waals surface area contributed by atoms with Crippen LogP contribution >= 0.6 is 0 Å². The summed E-state index contributed by atoms with van der Waals surface area (Å²) in [7, 11) is 0. The molecule has 4 rings (SSSR count). The van der Waals surface area contributed by atoms with Gasteiger partial charge in [-0.2, -0.15) is 0 Å². The van der Waals surface area contributed by atoms with Gasteiger partial charge < -0.3 is 9.15 Å². The summed E-state index contributed by atoms with van der Waals surface area (Å²) in [4.78, 5) is 10.7. The van der Waals surface area contributed by atoms with E-state index in [1.54, 1.807) is 12.1 Å². The zero-order valence-electron chi connectivity index (χ0n) is 12.1. The van der Waals surface area contributed by atoms with E-state index in [-0.39, 0.29) is 11.3 Å². The van der Waals surface area contributed by atoms with Crippen LogP contribution in [0.25, 0.3) is 28.0 Å². The van der Waals surface area contributed by atoms with E-state index in [0.29, 0.717) is 11.2 Å². The molecule has 0 spiro atoms. The highest BCUT2D eigenvalue weighted by atomic mass is 16.6. The SMILES string of the molecule is CC1(C)C=Cc2cc3c(cc2O1)oc1c([N+](=O)[O-])cccc13. The smallest absolute Gasteiger partial charge is 0.312 e. The maximum absolute atomic E-state index is 11.1. The van der Waals surface area contributed by atoms with Crippen LogP contribution in [0.4, 0.5) is 5.69 Å². The fourth-order valence-electron chi connectivity index (χ4n) is 2.80. The van der Waals surface area contributed by atoms with Crippen LogP contribution in [0.2, 0.25) is 0 Å². The lowest BCUT2D eigenvalue weighted by atomic mass is 10.0. The summed E-state index contributed by atoms with van der Waals surface area (Å²) in [6.07, 6.45) is 4.00. The molecule has 0 fully saturated rings. The van der Waals surface area contributed by atoms with E-state index >= 15 is 0 Å². The van der Waals surface area contributed by atoms with Crippen molar-refractivity contribution in [1.29, 1.82) is 0 Å². The summed E-state index contributed by atoms with van der Waals surface area (Å²) in [5.41, 5.74) is 1.44. The Hall–Kier alpha value is -2.82. The molecule has 110 valence electrons. The van der Waals surface area contributed by atoms with Crippen LogP contribution in [0.5, 0.6) is 5.75 Å².